The van der Waals surface area contributed by atoms with Gasteiger partial charge in [0.25, 0.3) is 0 Å². The summed E-state index contributed by atoms with van der Waals surface area (Å²) < 4.78 is 25.2. The van der Waals surface area contributed by atoms with Crippen molar-refractivity contribution in [1.29, 1.82) is 0 Å². The van der Waals surface area contributed by atoms with Crippen molar-refractivity contribution in [2.45, 2.75) is 39.0 Å². The molecule has 12 heavy (non-hydrogen) atoms. The molecule has 0 aromatic heterocycles. The van der Waals surface area contributed by atoms with Crippen molar-refractivity contribution >= 4 is 0 Å². The Morgan fingerprint density at radius 3 is 2.25 bits per heavy atom. The van der Waals surface area contributed by atoms with Crippen LogP contribution in [0, 0.1) is 0 Å². The van der Waals surface area contributed by atoms with Gasteiger partial charge < -0.3 is 4.90 Å². The third kappa shape index (κ3) is 4.65. The molecule has 0 saturated carbocycles. The Kier molecular flexibility index (Phi) is 5.38. The second-order valence-corrected chi connectivity index (χ2v) is 3.01. The average molecular weight is 179 g/mol. The van der Waals surface area contributed by atoms with Crippen LogP contribution in [-0.2, 0) is 0 Å². The van der Waals surface area contributed by atoms with Crippen molar-refractivity contribution in [1.82, 2.24) is 4.90 Å². The van der Waals surface area contributed by atoms with Crippen LogP contribution in [0.25, 0.3) is 0 Å². The number of halogens is 2. The van der Waals surface area contributed by atoms with Crippen LogP contribution in [0.3, 0.4) is 0 Å². The molecule has 0 atom stereocenters. The molecule has 0 aromatic rings. The predicted octanol–water partition coefficient (Wildman–Crippen LogP) is 2.76. The minimum absolute atomic E-state index is 0.0312. The van der Waals surface area contributed by atoms with Crippen molar-refractivity contribution in [2.24, 2.45) is 0 Å². The summed E-state index contributed by atoms with van der Waals surface area (Å²) in [6.45, 7) is 5.35. The lowest BCUT2D eigenvalue weighted by atomic mass is 10.1. The summed E-state index contributed by atoms with van der Waals surface area (Å²) >= 11 is 0. The van der Waals surface area contributed by atoms with Gasteiger partial charge in [-0.1, -0.05) is 13.8 Å². The number of likely N-dealkylation sites (tertiary alicyclic amines) is 1. The highest BCUT2D eigenvalue weighted by Gasteiger charge is 2.30. The van der Waals surface area contributed by atoms with E-state index in [4.69, 9.17) is 0 Å². The Morgan fingerprint density at radius 2 is 1.67 bits per heavy atom. The van der Waals surface area contributed by atoms with Crippen LogP contribution < -0.4 is 0 Å². The zero-order chi connectivity index (χ0) is 9.61. The van der Waals surface area contributed by atoms with Crippen molar-refractivity contribution in [3.63, 3.8) is 0 Å². The van der Waals surface area contributed by atoms with Gasteiger partial charge in [-0.2, -0.15) is 0 Å². The molecule has 0 bridgehead atoms. The largest absolute Gasteiger partial charge is 0.306 e. The third-order valence-electron chi connectivity index (χ3n) is 1.94. The summed E-state index contributed by atoms with van der Waals surface area (Å²) in [4.78, 5) is 1.96. The Balaban J connectivity index is 0.000000561. The van der Waals surface area contributed by atoms with Gasteiger partial charge in [-0.05, 0) is 20.0 Å². The van der Waals surface area contributed by atoms with E-state index in [1.165, 1.54) is 0 Å². The van der Waals surface area contributed by atoms with Gasteiger partial charge in [-0.3, -0.25) is 0 Å². The number of nitrogens with zero attached hydrogens (tertiary/aromatic N) is 1. The van der Waals surface area contributed by atoms with Gasteiger partial charge >= 0.3 is 0 Å². The topological polar surface area (TPSA) is 3.24 Å². The van der Waals surface area contributed by atoms with E-state index in [1.54, 1.807) is 0 Å². The first-order valence-electron chi connectivity index (χ1n) is 4.66. The Bertz CT molecular complexity index is 115. The van der Waals surface area contributed by atoms with Gasteiger partial charge in [0.15, 0.2) is 0 Å². The van der Waals surface area contributed by atoms with Gasteiger partial charge in [0.05, 0.1) is 0 Å². The fourth-order valence-electron chi connectivity index (χ4n) is 1.20. The second-order valence-electron chi connectivity index (χ2n) is 3.01. The molecule has 1 aliphatic rings. The monoisotopic (exact) mass is 179 g/mol. The van der Waals surface area contributed by atoms with E-state index in [1.807, 2.05) is 25.8 Å². The molecule has 1 heterocycles. The summed E-state index contributed by atoms with van der Waals surface area (Å²) in [5.74, 6) is -2.40. The maximum absolute atomic E-state index is 12.6. The first-order valence-corrected chi connectivity index (χ1v) is 4.66. The molecule has 74 valence electrons. The zero-order valence-electron chi connectivity index (χ0n) is 8.24. The minimum atomic E-state index is -2.40. The molecule has 0 aliphatic carbocycles. The molecule has 1 nitrogen and oxygen atoms in total. The number of hydrogen-bond donors (Lipinski definition) is 0. The quantitative estimate of drug-likeness (QED) is 0.552. The van der Waals surface area contributed by atoms with Crippen LogP contribution >= 0.6 is 0 Å². The molecule has 3 heteroatoms. The first kappa shape index (κ1) is 11.8. The zero-order valence-corrected chi connectivity index (χ0v) is 8.24. The lowest BCUT2D eigenvalue weighted by Gasteiger charge is -2.13. The van der Waals surface area contributed by atoms with E-state index in [2.05, 4.69) is 0 Å². The Morgan fingerprint density at radius 1 is 1.08 bits per heavy atom. The minimum Gasteiger partial charge on any atom is -0.306 e. The lowest BCUT2D eigenvalue weighted by molar-refractivity contribution is -0.0125. The molecule has 0 amide bonds. The normalized spacial score (nSPS) is 23.8. The molecule has 1 rings (SSSR count). The summed E-state index contributed by atoms with van der Waals surface area (Å²) in [5, 5.41) is 0. The van der Waals surface area contributed by atoms with Crippen molar-refractivity contribution < 1.29 is 8.78 Å². The molecule has 1 aliphatic heterocycles. The molecule has 0 spiro atoms. The Hall–Kier alpha value is -0.180. The highest BCUT2D eigenvalue weighted by molar-refractivity contribution is 4.72. The fourth-order valence-corrected chi connectivity index (χ4v) is 1.20. The van der Waals surface area contributed by atoms with Crippen LogP contribution in [0.5, 0.6) is 0 Å². The number of hydrogen-bond acceptors (Lipinski definition) is 1. The van der Waals surface area contributed by atoms with E-state index < -0.39 is 5.92 Å². The maximum atomic E-state index is 12.6. The highest BCUT2D eigenvalue weighted by atomic mass is 19.3. The summed E-state index contributed by atoms with van der Waals surface area (Å²) in [5.41, 5.74) is 0. The number of rotatable bonds is 0. The van der Waals surface area contributed by atoms with Gasteiger partial charge in [0.1, 0.15) is 0 Å². The van der Waals surface area contributed by atoms with Gasteiger partial charge in [-0.25, -0.2) is 8.78 Å². The summed E-state index contributed by atoms with van der Waals surface area (Å²) in [6, 6.07) is 0. The van der Waals surface area contributed by atoms with E-state index in [0.717, 1.165) is 6.54 Å². The van der Waals surface area contributed by atoms with Gasteiger partial charge in [0, 0.05) is 19.4 Å². The van der Waals surface area contributed by atoms with Gasteiger partial charge in [-0.15, -0.1) is 0 Å². The molecular formula is C9H19F2N. The van der Waals surface area contributed by atoms with Crippen molar-refractivity contribution in [3.8, 4) is 0 Å². The molecule has 0 N–H and O–H groups in total. The smallest absolute Gasteiger partial charge is 0.249 e. The second kappa shape index (κ2) is 5.46. The van der Waals surface area contributed by atoms with E-state index in [0.29, 0.717) is 13.0 Å². The third-order valence-corrected chi connectivity index (χ3v) is 1.94. The summed E-state index contributed by atoms with van der Waals surface area (Å²) in [6.07, 6.45) is 0.727. The number of alkyl halides is 2. The van der Waals surface area contributed by atoms with Crippen molar-refractivity contribution in [3.05, 3.63) is 0 Å². The van der Waals surface area contributed by atoms with Crippen molar-refractivity contribution in [2.75, 3.05) is 20.1 Å². The van der Waals surface area contributed by atoms with E-state index >= 15 is 0 Å². The van der Waals surface area contributed by atoms with E-state index in [9.17, 15) is 8.78 Å². The van der Waals surface area contributed by atoms with Crippen LogP contribution in [0.2, 0.25) is 0 Å². The first-order chi connectivity index (χ1) is 5.60. The molecule has 1 saturated heterocycles. The maximum Gasteiger partial charge on any atom is 0.249 e. The van der Waals surface area contributed by atoms with Crippen LogP contribution in [-0.4, -0.2) is 31.0 Å². The average Bonchev–Trinajstić information content (AvgIpc) is 2.17. The standard InChI is InChI=1S/C7H13F2N.C2H6/c1-10-5-2-3-7(8,9)4-6-10;1-2/h2-6H2,1H3;1-2H3. The van der Waals surface area contributed by atoms with Crippen LogP contribution in [0.4, 0.5) is 8.78 Å². The van der Waals surface area contributed by atoms with E-state index in [-0.39, 0.29) is 12.8 Å². The Labute approximate surface area is 73.7 Å². The predicted molar refractivity (Wildman–Crippen MR) is 47.6 cm³/mol. The summed E-state index contributed by atoms with van der Waals surface area (Å²) in [7, 11) is 1.89. The lowest BCUT2D eigenvalue weighted by Crippen LogP contribution is -2.21. The molecule has 0 unspecified atom stereocenters. The van der Waals surface area contributed by atoms with Gasteiger partial charge in [0.2, 0.25) is 5.92 Å². The molecular weight excluding hydrogens is 160 g/mol. The highest BCUT2D eigenvalue weighted by Crippen LogP contribution is 2.26. The molecule has 0 aromatic carbocycles. The SMILES string of the molecule is CC.CN1CCCC(F)(F)CC1. The van der Waals surface area contributed by atoms with Crippen LogP contribution in [0.15, 0.2) is 0 Å². The molecule has 0 radical (unpaired) electrons. The molecule has 1 fully saturated rings. The van der Waals surface area contributed by atoms with Crippen LogP contribution in [0.1, 0.15) is 33.1 Å². The fraction of sp³-hybridized carbons (Fsp3) is 1.00.